The van der Waals surface area contributed by atoms with Crippen molar-refractivity contribution in [3.05, 3.63) is 76.7 Å². The number of nitrogens with zero attached hydrogens (tertiary/aromatic N) is 5. The number of imidazole rings is 1. The molecule has 0 saturated carbocycles. The van der Waals surface area contributed by atoms with Crippen molar-refractivity contribution >= 4 is 40.4 Å². The highest BCUT2D eigenvalue weighted by molar-refractivity contribution is 6.26. The van der Waals surface area contributed by atoms with E-state index in [0.29, 0.717) is 54.3 Å². The quantitative estimate of drug-likeness (QED) is 0.396. The minimum absolute atomic E-state index is 0.0358. The molecular weight excluding hydrogens is 482 g/mol. The molecule has 1 aliphatic rings. The average Bonchev–Trinajstić information content (AvgIpc) is 3.17. The molecular formula is C25H24ClN7O3. The summed E-state index contributed by atoms with van der Waals surface area (Å²) >= 11 is 5.59. The van der Waals surface area contributed by atoms with E-state index < -0.39 is 0 Å². The zero-order valence-electron chi connectivity index (χ0n) is 19.3. The van der Waals surface area contributed by atoms with E-state index in [2.05, 4.69) is 9.97 Å². The number of carbonyl (C=O) groups is 1. The zero-order chi connectivity index (χ0) is 25.2. The third-order valence-electron chi connectivity index (χ3n) is 6.11. The van der Waals surface area contributed by atoms with Crippen LogP contribution in [0, 0.1) is 0 Å². The molecule has 1 amide bonds. The highest BCUT2D eigenvalue weighted by Gasteiger charge is 2.29. The highest BCUT2D eigenvalue weighted by atomic mass is 35.5. The van der Waals surface area contributed by atoms with Crippen LogP contribution >= 0.6 is 11.6 Å². The van der Waals surface area contributed by atoms with Gasteiger partial charge in [-0.05, 0) is 49.2 Å². The number of carbonyl (C=O) groups excluding carboxylic acids is 1. The molecule has 1 saturated heterocycles. The van der Waals surface area contributed by atoms with Gasteiger partial charge in [-0.2, -0.15) is 9.97 Å². The number of hydrogen-bond donors (Lipinski definition) is 2. The third-order valence-corrected chi connectivity index (χ3v) is 6.24. The summed E-state index contributed by atoms with van der Waals surface area (Å²) in [6, 6.07) is 16.1. The molecule has 0 unspecified atom stereocenters. The van der Waals surface area contributed by atoms with Crippen LogP contribution in [-0.2, 0) is 4.79 Å². The van der Waals surface area contributed by atoms with Crippen LogP contribution in [0.3, 0.4) is 0 Å². The Morgan fingerprint density at radius 1 is 1.06 bits per heavy atom. The normalized spacial score (nSPS) is 16.0. The van der Waals surface area contributed by atoms with Gasteiger partial charge in [-0.3, -0.25) is 13.9 Å². The molecule has 3 heterocycles. The number of piperidine rings is 1. The van der Waals surface area contributed by atoms with E-state index in [1.807, 2.05) is 30.3 Å². The standard InChI is InChI=1S/C25H24ClN7O3/c26-13-12-20(34)31-14-4-5-17(15-31)33-23-21(22(27)29-24(28)30-23)32(25(33)35)16-8-10-19(11-9-16)36-18-6-2-1-3-7-18/h1-3,6-13,17H,4-5,14-15H2,(H4,27,28,29,30)/t17-/m1/s1. The van der Waals surface area contributed by atoms with Gasteiger partial charge in [0.1, 0.15) is 17.0 Å². The lowest BCUT2D eigenvalue weighted by atomic mass is 10.1. The Bertz CT molecular complexity index is 1500. The fourth-order valence-corrected chi connectivity index (χ4v) is 4.64. The van der Waals surface area contributed by atoms with Gasteiger partial charge in [-0.25, -0.2) is 4.79 Å². The predicted octanol–water partition coefficient (Wildman–Crippen LogP) is 3.45. The maximum atomic E-state index is 13.8. The van der Waals surface area contributed by atoms with Gasteiger partial charge >= 0.3 is 5.69 Å². The number of aromatic nitrogens is 4. The SMILES string of the molecule is Nc1nc(N)c2c(n1)n([C@@H]1CCCN(C(=O)C=CCl)C1)c(=O)n2-c1ccc(Oc2ccccc2)cc1. The number of fused-ring (bicyclic) bond motifs is 1. The summed E-state index contributed by atoms with van der Waals surface area (Å²) in [6.07, 6.45) is 2.70. The van der Waals surface area contributed by atoms with Gasteiger partial charge in [0.15, 0.2) is 11.5 Å². The Morgan fingerprint density at radius 2 is 1.78 bits per heavy atom. The molecule has 0 aliphatic carbocycles. The average molecular weight is 506 g/mol. The van der Waals surface area contributed by atoms with Crippen molar-refractivity contribution in [2.75, 3.05) is 24.6 Å². The number of amides is 1. The predicted molar refractivity (Wildman–Crippen MR) is 138 cm³/mol. The lowest BCUT2D eigenvalue weighted by Gasteiger charge is -2.32. The fraction of sp³-hybridized carbons (Fsp3) is 0.200. The summed E-state index contributed by atoms with van der Waals surface area (Å²) in [5, 5.41) is 0. The largest absolute Gasteiger partial charge is 0.457 e. The Morgan fingerprint density at radius 3 is 2.50 bits per heavy atom. The van der Waals surface area contributed by atoms with Crippen LogP contribution in [0.25, 0.3) is 16.9 Å². The highest BCUT2D eigenvalue weighted by Crippen LogP contribution is 2.29. The van der Waals surface area contributed by atoms with Crippen LogP contribution < -0.4 is 21.9 Å². The lowest BCUT2D eigenvalue weighted by Crippen LogP contribution is -2.42. The first kappa shape index (κ1) is 23.4. The first-order chi connectivity index (χ1) is 17.5. The molecule has 4 aromatic rings. The number of ether oxygens (including phenoxy) is 1. The molecule has 10 nitrogen and oxygen atoms in total. The van der Waals surface area contributed by atoms with Gasteiger partial charge in [-0.15, -0.1) is 0 Å². The van der Waals surface area contributed by atoms with Crippen LogP contribution in [0.2, 0.25) is 0 Å². The number of nitrogens with two attached hydrogens (primary N) is 2. The molecule has 1 atom stereocenters. The van der Waals surface area contributed by atoms with Crippen LogP contribution in [-0.4, -0.2) is 43.0 Å². The molecule has 184 valence electrons. The van der Waals surface area contributed by atoms with Crippen LogP contribution in [0.15, 0.2) is 71.0 Å². The van der Waals surface area contributed by atoms with Crippen LogP contribution in [0.5, 0.6) is 11.5 Å². The summed E-state index contributed by atoms with van der Waals surface area (Å²) in [5.41, 5.74) is 14.2. The van der Waals surface area contributed by atoms with E-state index in [0.717, 1.165) is 0 Å². The van der Waals surface area contributed by atoms with Crippen molar-refractivity contribution < 1.29 is 9.53 Å². The van der Waals surface area contributed by atoms with E-state index in [1.165, 1.54) is 16.2 Å². The number of para-hydroxylation sites is 1. The van der Waals surface area contributed by atoms with Crippen molar-refractivity contribution in [3.8, 4) is 17.2 Å². The fourth-order valence-electron chi connectivity index (χ4n) is 4.54. The number of halogens is 1. The van der Waals surface area contributed by atoms with Gasteiger partial charge < -0.3 is 21.1 Å². The van der Waals surface area contributed by atoms with Gasteiger partial charge in [0, 0.05) is 24.7 Å². The van der Waals surface area contributed by atoms with E-state index in [-0.39, 0.29) is 29.4 Å². The molecule has 2 aromatic carbocycles. The second-order valence-electron chi connectivity index (χ2n) is 8.41. The maximum Gasteiger partial charge on any atom is 0.335 e. The first-order valence-electron chi connectivity index (χ1n) is 11.4. The first-order valence-corrected chi connectivity index (χ1v) is 11.8. The minimum atomic E-state index is -0.347. The van der Waals surface area contributed by atoms with Crippen molar-refractivity contribution in [2.45, 2.75) is 18.9 Å². The molecule has 0 spiro atoms. The summed E-state index contributed by atoms with van der Waals surface area (Å²) < 4.78 is 8.90. The number of rotatable bonds is 5. The number of benzene rings is 2. The molecule has 36 heavy (non-hydrogen) atoms. The number of likely N-dealkylation sites (tertiary alicyclic amines) is 1. The molecule has 1 aliphatic heterocycles. The smallest absolute Gasteiger partial charge is 0.335 e. The van der Waals surface area contributed by atoms with Crippen LogP contribution in [0.4, 0.5) is 11.8 Å². The number of nitrogen functional groups attached to an aromatic ring is 2. The lowest BCUT2D eigenvalue weighted by molar-refractivity contribution is -0.127. The monoisotopic (exact) mass is 505 g/mol. The summed E-state index contributed by atoms with van der Waals surface area (Å²) in [6.45, 7) is 0.902. The van der Waals surface area contributed by atoms with E-state index in [1.54, 1.807) is 33.7 Å². The van der Waals surface area contributed by atoms with E-state index >= 15 is 0 Å². The topological polar surface area (TPSA) is 134 Å². The summed E-state index contributed by atoms with van der Waals surface area (Å²) in [7, 11) is 0. The molecule has 0 bridgehead atoms. The Kier molecular flexibility index (Phi) is 6.34. The van der Waals surface area contributed by atoms with Gasteiger partial charge in [0.05, 0.1) is 11.7 Å². The van der Waals surface area contributed by atoms with Crippen LogP contribution in [0.1, 0.15) is 18.9 Å². The molecule has 1 fully saturated rings. The molecule has 11 heteroatoms. The van der Waals surface area contributed by atoms with Gasteiger partial charge in [0.2, 0.25) is 11.9 Å². The van der Waals surface area contributed by atoms with Gasteiger partial charge in [-0.1, -0.05) is 29.8 Å². The Hall–Kier alpha value is -4.31. The molecule has 5 rings (SSSR count). The number of anilines is 2. The molecule has 0 radical (unpaired) electrons. The number of hydrogen-bond acceptors (Lipinski definition) is 7. The Labute approximate surface area is 211 Å². The third kappa shape index (κ3) is 4.38. The summed E-state index contributed by atoms with van der Waals surface area (Å²) in [4.78, 5) is 36.3. The van der Waals surface area contributed by atoms with Crippen molar-refractivity contribution in [2.24, 2.45) is 0 Å². The van der Waals surface area contributed by atoms with E-state index in [4.69, 9.17) is 27.8 Å². The van der Waals surface area contributed by atoms with Gasteiger partial charge in [0.25, 0.3) is 0 Å². The van der Waals surface area contributed by atoms with Crippen molar-refractivity contribution in [3.63, 3.8) is 0 Å². The second kappa shape index (κ2) is 9.74. The van der Waals surface area contributed by atoms with Crippen molar-refractivity contribution in [1.29, 1.82) is 0 Å². The van der Waals surface area contributed by atoms with E-state index in [9.17, 15) is 9.59 Å². The maximum absolute atomic E-state index is 13.8. The molecule has 2 aromatic heterocycles. The molecule has 4 N–H and O–H groups in total. The zero-order valence-corrected chi connectivity index (χ0v) is 20.0. The van der Waals surface area contributed by atoms with Crippen molar-refractivity contribution in [1.82, 2.24) is 24.0 Å². The minimum Gasteiger partial charge on any atom is -0.457 e. The summed E-state index contributed by atoms with van der Waals surface area (Å²) in [5.74, 6) is 1.16. The Balaban J connectivity index is 1.57. The second-order valence-corrected chi connectivity index (χ2v) is 8.66.